The standard InChI is InChI=1S/C26H27N7O2S/c1-4-35-23-13-11-22(12-14-23)33-25(20-6-5-15-27-17-20)30-31-26(33)36-18-24(34)29-28-16-19-7-9-21(10-8-19)32(2)3/h5-17H,4,18H2,1-3H3,(H,29,34)/b28-16+. The minimum atomic E-state index is -0.245. The van der Waals surface area contributed by atoms with Crippen molar-refractivity contribution in [1.29, 1.82) is 0 Å². The van der Waals surface area contributed by atoms with E-state index in [0.717, 1.165) is 28.3 Å². The summed E-state index contributed by atoms with van der Waals surface area (Å²) >= 11 is 1.28. The van der Waals surface area contributed by atoms with E-state index in [0.29, 0.717) is 17.6 Å². The molecular formula is C26H27N7O2S. The molecule has 10 heteroatoms. The van der Waals surface area contributed by atoms with Crippen LogP contribution < -0.4 is 15.1 Å². The zero-order valence-electron chi connectivity index (χ0n) is 20.3. The molecule has 0 aliphatic heterocycles. The van der Waals surface area contributed by atoms with Gasteiger partial charge in [0.1, 0.15) is 5.75 Å². The molecule has 0 saturated carbocycles. The van der Waals surface area contributed by atoms with Crippen LogP contribution in [0, 0.1) is 0 Å². The topological polar surface area (TPSA) is 97.5 Å². The van der Waals surface area contributed by atoms with E-state index in [2.05, 4.69) is 25.7 Å². The normalized spacial score (nSPS) is 11.0. The third-order valence-corrected chi connectivity index (χ3v) is 6.03. The second kappa shape index (κ2) is 12.0. The molecule has 1 N–H and O–H groups in total. The molecule has 184 valence electrons. The number of amides is 1. The number of nitrogens with zero attached hydrogens (tertiary/aromatic N) is 6. The number of nitrogens with one attached hydrogen (secondary N) is 1. The van der Waals surface area contributed by atoms with Gasteiger partial charge in [-0.15, -0.1) is 10.2 Å². The number of carbonyl (C=O) groups is 1. The molecule has 36 heavy (non-hydrogen) atoms. The number of rotatable bonds is 10. The molecule has 9 nitrogen and oxygen atoms in total. The highest BCUT2D eigenvalue weighted by molar-refractivity contribution is 7.99. The van der Waals surface area contributed by atoms with Crippen LogP contribution in [0.1, 0.15) is 12.5 Å². The van der Waals surface area contributed by atoms with E-state index < -0.39 is 0 Å². The molecule has 0 atom stereocenters. The van der Waals surface area contributed by atoms with E-state index in [1.165, 1.54) is 11.8 Å². The van der Waals surface area contributed by atoms with E-state index in [-0.39, 0.29) is 11.7 Å². The molecule has 0 aliphatic carbocycles. The van der Waals surface area contributed by atoms with Crippen LogP contribution >= 0.6 is 11.8 Å². The van der Waals surface area contributed by atoms with Crippen LogP contribution in [0.2, 0.25) is 0 Å². The molecule has 0 aliphatic rings. The molecule has 2 aromatic carbocycles. The summed E-state index contributed by atoms with van der Waals surface area (Å²) in [5.41, 5.74) is 6.23. The van der Waals surface area contributed by atoms with E-state index in [4.69, 9.17) is 4.74 Å². The lowest BCUT2D eigenvalue weighted by molar-refractivity contribution is -0.118. The molecule has 0 saturated heterocycles. The maximum absolute atomic E-state index is 12.5. The second-order valence-electron chi connectivity index (χ2n) is 7.88. The molecule has 4 rings (SSSR count). The van der Waals surface area contributed by atoms with Gasteiger partial charge in [0.05, 0.1) is 18.6 Å². The molecule has 1 amide bonds. The van der Waals surface area contributed by atoms with E-state index in [1.807, 2.05) is 91.1 Å². The van der Waals surface area contributed by atoms with Gasteiger partial charge < -0.3 is 9.64 Å². The largest absolute Gasteiger partial charge is 0.494 e. The highest BCUT2D eigenvalue weighted by Gasteiger charge is 2.17. The second-order valence-corrected chi connectivity index (χ2v) is 8.82. The summed E-state index contributed by atoms with van der Waals surface area (Å²) < 4.78 is 7.47. The zero-order valence-corrected chi connectivity index (χ0v) is 21.1. The fourth-order valence-corrected chi connectivity index (χ4v) is 4.08. The Morgan fingerprint density at radius 2 is 1.89 bits per heavy atom. The van der Waals surface area contributed by atoms with Crippen LogP contribution in [-0.2, 0) is 4.79 Å². The van der Waals surface area contributed by atoms with Gasteiger partial charge in [0.15, 0.2) is 11.0 Å². The van der Waals surface area contributed by atoms with Crippen molar-refractivity contribution in [3.63, 3.8) is 0 Å². The van der Waals surface area contributed by atoms with Crippen molar-refractivity contribution in [2.24, 2.45) is 5.10 Å². The molecular weight excluding hydrogens is 474 g/mol. The lowest BCUT2D eigenvalue weighted by Crippen LogP contribution is -2.20. The number of pyridine rings is 1. The number of hydrogen-bond acceptors (Lipinski definition) is 8. The van der Waals surface area contributed by atoms with Gasteiger partial charge in [-0.05, 0) is 61.0 Å². The number of anilines is 1. The van der Waals surface area contributed by atoms with Gasteiger partial charge in [-0.2, -0.15) is 5.10 Å². The third-order valence-electron chi connectivity index (χ3n) is 5.10. The van der Waals surface area contributed by atoms with Crippen molar-refractivity contribution < 1.29 is 9.53 Å². The number of hydrogen-bond donors (Lipinski definition) is 1. The molecule has 0 radical (unpaired) electrons. The van der Waals surface area contributed by atoms with E-state index >= 15 is 0 Å². The summed E-state index contributed by atoms with van der Waals surface area (Å²) in [4.78, 5) is 18.7. The van der Waals surface area contributed by atoms with Crippen molar-refractivity contribution >= 4 is 29.6 Å². The predicted octanol–water partition coefficient (Wildman–Crippen LogP) is 4.04. The van der Waals surface area contributed by atoms with Gasteiger partial charge in [-0.3, -0.25) is 14.3 Å². The molecule has 4 aromatic rings. The first-order valence-corrected chi connectivity index (χ1v) is 12.3. The Kier molecular flexibility index (Phi) is 8.30. The van der Waals surface area contributed by atoms with Crippen molar-refractivity contribution in [3.05, 3.63) is 78.6 Å². The number of ether oxygens (including phenoxy) is 1. The van der Waals surface area contributed by atoms with Gasteiger partial charge in [0.25, 0.3) is 5.91 Å². The summed E-state index contributed by atoms with van der Waals surface area (Å²) in [5.74, 6) is 1.29. The van der Waals surface area contributed by atoms with E-state index in [9.17, 15) is 4.79 Å². The summed E-state index contributed by atoms with van der Waals surface area (Å²) in [5, 5.41) is 13.4. The van der Waals surface area contributed by atoms with E-state index in [1.54, 1.807) is 18.6 Å². The molecule has 2 heterocycles. The number of benzene rings is 2. The summed E-state index contributed by atoms with van der Waals surface area (Å²) in [7, 11) is 3.97. The Morgan fingerprint density at radius 1 is 1.11 bits per heavy atom. The third kappa shape index (κ3) is 6.28. The first-order valence-electron chi connectivity index (χ1n) is 11.4. The maximum Gasteiger partial charge on any atom is 0.250 e. The average molecular weight is 502 g/mol. The van der Waals surface area contributed by atoms with Crippen LogP contribution in [0.15, 0.2) is 83.3 Å². The van der Waals surface area contributed by atoms with Gasteiger partial charge >= 0.3 is 0 Å². The van der Waals surface area contributed by atoms with Crippen molar-refractivity contribution in [3.8, 4) is 22.8 Å². The first kappa shape index (κ1) is 24.9. The lowest BCUT2D eigenvalue weighted by Gasteiger charge is -2.11. The summed E-state index contributed by atoms with van der Waals surface area (Å²) in [6.07, 6.45) is 5.05. The Labute approximate surface area is 214 Å². The first-order chi connectivity index (χ1) is 17.5. The minimum absolute atomic E-state index is 0.124. The lowest BCUT2D eigenvalue weighted by atomic mass is 10.2. The SMILES string of the molecule is CCOc1ccc(-n2c(SCC(=O)N/N=C/c3ccc(N(C)C)cc3)nnc2-c2cccnc2)cc1. The highest BCUT2D eigenvalue weighted by atomic mass is 32.2. The van der Waals surface area contributed by atoms with Crippen molar-refractivity contribution in [2.75, 3.05) is 31.4 Å². The number of aromatic nitrogens is 4. The number of carbonyl (C=O) groups excluding carboxylic acids is 1. The maximum atomic E-state index is 12.5. The average Bonchev–Trinajstić information content (AvgIpc) is 3.33. The molecule has 2 aromatic heterocycles. The van der Waals surface area contributed by atoms with Crippen molar-refractivity contribution in [1.82, 2.24) is 25.2 Å². The van der Waals surface area contributed by atoms with Gasteiger partial charge in [-0.1, -0.05) is 23.9 Å². The predicted molar refractivity (Wildman–Crippen MR) is 143 cm³/mol. The molecule has 0 unspecified atom stereocenters. The Bertz CT molecular complexity index is 1300. The van der Waals surface area contributed by atoms with Crippen LogP contribution in [0.5, 0.6) is 5.75 Å². The smallest absolute Gasteiger partial charge is 0.250 e. The molecule has 0 bridgehead atoms. The number of hydrazone groups is 1. The van der Waals surface area contributed by atoms with Crippen LogP contribution in [0.4, 0.5) is 5.69 Å². The van der Waals surface area contributed by atoms with Crippen LogP contribution in [-0.4, -0.2) is 58.3 Å². The fourth-order valence-electron chi connectivity index (χ4n) is 3.34. The van der Waals surface area contributed by atoms with Crippen LogP contribution in [0.25, 0.3) is 17.1 Å². The van der Waals surface area contributed by atoms with Gasteiger partial charge in [-0.25, -0.2) is 5.43 Å². The van der Waals surface area contributed by atoms with Crippen LogP contribution in [0.3, 0.4) is 0 Å². The van der Waals surface area contributed by atoms with Gasteiger partial charge in [0, 0.05) is 43.4 Å². The molecule has 0 spiro atoms. The summed E-state index contributed by atoms with van der Waals surface area (Å²) in [6, 6.07) is 19.3. The molecule has 0 fully saturated rings. The monoisotopic (exact) mass is 501 g/mol. The Morgan fingerprint density at radius 3 is 2.56 bits per heavy atom. The van der Waals surface area contributed by atoms with Gasteiger partial charge in [0.2, 0.25) is 0 Å². The van der Waals surface area contributed by atoms with Crippen molar-refractivity contribution in [2.45, 2.75) is 12.1 Å². The Hall–Kier alpha value is -4.18. The highest BCUT2D eigenvalue weighted by Crippen LogP contribution is 2.28. The Balaban J connectivity index is 1.46. The summed E-state index contributed by atoms with van der Waals surface area (Å²) in [6.45, 7) is 2.53. The number of thioether (sulfide) groups is 1. The zero-order chi connectivity index (χ0) is 25.3. The minimum Gasteiger partial charge on any atom is -0.494 e. The fraction of sp³-hybridized carbons (Fsp3) is 0.192. The quantitative estimate of drug-likeness (QED) is 0.199.